The first kappa shape index (κ1) is 38.3. The van der Waals surface area contributed by atoms with Crippen LogP contribution in [0.3, 0.4) is 0 Å². The topological polar surface area (TPSA) is 197 Å². The number of sulfonamides is 1. The van der Waals surface area contributed by atoms with Crippen LogP contribution >= 0.6 is 0 Å². The predicted molar refractivity (Wildman–Crippen MR) is 184 cm³/mol. The Labute approximate surface area is 290 Å². The normalized spacial score (nSPS) is 23.7. The summed E-state index contributed by atoms with van der Waals surface area (Å²) in [4.78, 5) is 68.0. The summed E-state index contributed by atoms with van der Waals surface area (Å²) in [5.41, 5.74) is 3.77. The van der Waals surface area contributed by atoms with Crippen LogP contribution in [0.15, 0.2) is 35.2 Å². The molecule has 272 valence electrons. The van der Waals surface area contributed by atoms with Gasteiger partial charge in [-0.25, -0.2) is 17.9 Å². The first-order chi connectivity index (χ1) is 22.6. The number of piperidine rings is 1. The molecule has 0 bridgehead atoms. The number of rotatable bonds is 13. The number of benzene rings is 1. The zero-order valence-corrected chi connectivity index (χ0v) is 30.8. The molecule has 2 saturated carbocycles. The van der Waals surface area contributed by atoms with Gasteiger partial charge >= 0.3 is 6.03 Å². The van der Waals surface area contributed by atoms with Crippen molar-refractivity contribution in [3.8, 4) is 0 Å². The standard InChI is InChI=1S/C35H54N6O7S/c1-33(2,3)24(18-37-49(47,48)21-15-10-9-11-16-21)39-32(46)40-28(34(4,5)6)31(45)41-19-22-25(35(22,7)8)26(41)30(44)38-23(27(42)29(36)43)17-20-13-12-14-20/h9-11,15-16,20,22-26,28,37H,12-14,17-19H2,1-8H3,(H2,36,43)(H,38,44)(H2,39,40,46)/t22-,23?,24+,25-,26-,28+/m0/s1. The molecule has 1 aromatic rings. The highest BCUT2D eigenvalue weighted by molar-refractivity contribution is 7.89. The van der Waals surface area contributed by atoms with Crippen LogP contribution in [0.25, 0.3) is 0 Å². The SMILES string of the molecule is CC(C)(C)[C@H](NC(=O)N[C@H](CNS(=O)(=O)c1ccccc1)C(C)(C)C)C(=O)N1C[C@H]2[C@@H]([C@H]1C(=O)NC(CC1CCC1)C(=O)C(N)=O)C2(C)C. The van der Waals surface area contributed by atoms with Crippen LogP contribution in [-0.2, 0) is 29.2 Å². The average Bonchev–Trinajstić information content (AvgIpc) is 3.29. The lowest BCUT2D eigenvalue weighted by molar-refractivity contribution is -0.145. The second kappa shape index (κ2) is 14.0. The van der Waals surface area contributed by atoms with Crippen LogP contribution in [0.1, 0.15) is 81.1 Å². The Balaban J connectivity index is 1.51. The molecule has 5 amide bonds. The molecule has 0 spiro atoms. The molecule has 1 saturated heterocycles. The second-order valence-electron chi connectivity index (χ2n) is 16.7. The van der Waals surface area contributed by atoms with E-state index in [0.717, 1.165) is 19.3 Å². The molecule has 6 atom stereocenters. The smallest absolute Gasteiger partial charge is 0.315 e. The average molecular weight is 703 g/mol. The number of hydrogen-bond donors (Lipinski definition) is 5. The maximum absolute atomic E-state index is 14.3. The summed E-state index contributed by atoms with van der Waals surface area (Å²) in [5.74, 6) is -2.84. The van der Waals surface area contributed by atoms with Gasteiger partial charge in [-0.2, -0.15) is 0 Å². The maximum atomic E-state index is 14.3. The van der Waals surface area contributed by atoms with E-state index < -0.39 is 74.6 Å². The minimum Gasteiger partial charge on any atom is -0.363 e. The molecule has 4 rings (SSSR count). The Hall–Kier alpha value is -3.52. The molecular weight excluding hydrogens is 648 g/mol. The van der Waals surface area contributed by atoms with Crippen LogP contribution < -0.4 is 26.4 Å². The van der Waals surface area contributed by atoms with Gasteiger partial charge in [-0.05, 0) is 52.6 Å². The Bertz CT molecular complexity index is 1550. The lowest BCUT2D eigenvalue weighted by Gasteiger charge is -2.39. The molecule has 49 heavy (non-hydrogen) atoms. The number of fused-ring (bicyclic) bond motifs is 1. The van der Waals surface area contributed by atoms with E-state index in [1.54, 1.807) is 39.0 Å². The van der Waals surface area contributed by atoms with Gasteiger partial charge < -0.3 is 26.6 Å². The number of hydrogen-bond acceptors (Lipinski definition) is 7. The second-order valence-corrected chi connectivity index (χ2v) is 18.5. The summed E-state index contributed by atoms with van der Waals surface area (Å²) in [6.45, 7) is 15.3. The summed E-state index contributed by atoms with van der Waals surface area (Å²) in [6.07, 6.45) is 3.14. The Morgan fingerprint density at radius 2 is 1.55 bits per heavy atom. The summed E-state index contributed by atoms with van der Waals surface area (Å²) < 4.78 is 28.4. The largest absolute Gasteiger partial charge is 0.363 e. The monoisotopic (exact) mass is 702 g/mol. The van der Waals surface area contributed by atoms with E-state index >= 15 is 0 Å². The van der Waals surface area contributed by atoms with Crippen molar-refractivity contribution in [2.45, 2.75) is 110 Å². The van der Waals surface area contributed by atoms with Gasteiger partial charge in [-0.3, -0.25) is 19.2 Å². The molecule has 1 aliphatic heterocycles. The maximum Gasteiger partial charge on any atom is 0.315 e. The van der Waals surface area contributed by atoms with E-state index in [0.29, 0.717) is 13.0 Å². The number of carbonyl (C=O) groups is 5. The zero-order valence-electron chi connectivity index (χ0n) is 30.0. The molecule has 1 aromatic carbocycles. The fourth-order valence-corrected chi connectivity index (χ4v) is 8.20. The third kappa shape index (κ3) is 8.62. The quantitative estimate of drug-likeness (QED) is 0.194. The van der Waals surface area contributed by atoms with Crippen LogP contribution in [0, 0.1) is 34.0 Å². The Kier molecular flexibility index (Phi) is 10.9. The summed E-state index contributed by atoms with van der Waals surface area (Å²) >= 11 is 0. The van der Waals surface area contributed by atoms with Crippen molar-refractivity contribution in [2.75, 3.05) is 13.1 Å². The van der Waals surface area contributed by atoms with E-state index in [9.17, 15) is 32.4 Å². The summed E-state index contributed by atoms with van der Waals surface area (Å²) in [7, 11) is -3.84. The Morgan fingerprint density at radius 3 is 2.06 bits per heavy atom. The van der Waals surface area contributed by atoms with E-state index in [1.807, 2.05) is 34.6 Å². The van der Waals surface area contributed by atoms with E-state index in [-0.39, 0.29) is 34.6 Å². The number of amides is 5. The number of Topliss-reactive ketones (excluding diaryl/α,β-unsaturated/α-hetero) is 1. The van der Waals surface area contributed by atoms with Crippen LogP contribution in [0.4, 0.5) is 4.79 Å². The highest BCUT2D eigenvalue weighted by Gasteiger charge is 2.70. The molecule has 0 radical (unpaired) electrons. The van der Waals surface area contributed by atoms with Gasteiger partial charge in [0.1, 0.15) is 12.1 Å². The third-order valence-electron chi connectivity index (χ3n) is 10.7. The van der Waals surface area contributed by atoms with Gasteiger partial charge in [0, 0.05) is 19.1 Å². The third-order valence-corrected chi connectivity index (χ3v) is 12.1. The number of urea groups is 1. The molecule has 14 heteroatoms. The van der Waals surface area contributed by atoms with Crippen molar-refractivity contribution in [2.24, 2.45) is 39.7 Å². The molecular formula is C35H54N6O7S. The number of primary amides is 1. The van der Waals surface area contributed by atoms with Crippen molar-refractivity contribution < 1.29 is 32.4 Å². The summed E-state index contributed by atoms with van der Waals surface area (Å²) in [6, 6.07) is 3.59. The van der Waals surface area contributed by atoms with Crippen molar-refractivity contribution in [1.82, 2.24) is 25.6 Å². The van der Waals surface area contributed by atoms with Crippen molar-refractivity contribution >= 4 is 39.6 Å². The number of ketones is 1. The minimum absolute atomic E-state index is 0.0430. The van der Waals surface area contributed by atoms with Gasteiger partial charge in [-0.1, -0.05) is 92.9 Å². The number of likely N-dealkylation sites (tertiary alicyclic amines) is 1. The molecule has 0 aromatic heterocycles. The van der Waals surface area contributed by atoms with Crippen LogP contribution in [0.2, 0.25) is 0 Å². The lowest BCUT2D eigenvalue weighted by atomic mass is 9.80. The number of carbonyl (C=O) groups excluding carboxylic acids is 5. The first-order valence-electron chi connectivity index (χ1n) is 17.1. The molecule has 2 aliphatic carbocycles. The van der Waals surface area contributed by atoms with E-state index in [4.69, 9.17) is 5.73 Å². The van der Waals surface area contributed by atoms with E-state index in [1.165, 1.54) is 17.0 Å². The summed E-state index contributed by atoms with van der Waals surface area (Å²) in [5, 5.41) is 8.47. The number of nitrogens with one attached hydrogen (secondary N) is 4. The van der Waals surface area contributed by atoms with Crippen molar-refractivity contribution in [3.05, 3.63) is 30.3 Å². The molecule has 3 fully saturated rings. The van der Waals surface area contributed by atoms with E-state index in [2.05, 4.69) is 20.7 Å². The van der Waals surface area contributed by atoms with Crippen LogP contribution in [0.5, 0.6) is 0 Å². The fourth-order valence-electron chi connectivity index (χ4n) is 7.13. The molecule has 3 aliphatic rings. The zero-order chi connectivity index (χ0) is 36.7. The molecule has 13 nitrogen and oxygen atoms in total. The van der Waals surface area contributed by atoms with Crippen LogP contribution in [-0.4, -0.2) is 80.1 Å². The van der Waals surface area contributed by atoms with Gasteiger partial charge in [0.05, 0.1) is 10.9 Å². The predicted octanol–water partition coefficient (Wildman–Crippen LogP) is 2.31. The number of nitrogens with zero attached hydrogens (tertiary/aromatic N) is 1. The van der Waals surface area contributed by atoms with Crippen molar-refractivity contribution in [3.63, 3.8) is 0 Å². The van der Waals surface area contributed by atoms with Gasteiger partial charge in [0.25, 0.3) is 5.91 Å². The Morgan fingerprint density at radius 1 is 0.939 bits per heavy atom. The highest BCUT2D eigenvalue weighted by atomic mass is 32.2. The number of nitrogens with two attached hydrogens (primary N) is 1. The highest BCUT2D eigenvalue weighted by Crippen LogP contribution is 2.65. The van der Waals surface area contributed by atoms with Crippen molar-refractivity contribution in [1.29, 1.82) is 0 Å². The van der Waals surface area contributed by atoms with Gasteiger partial charge in [-0.15, -0.1) is 0 Å². The first-order valence-corrected chi connectivity index (χ1v) is 18.6. The van der Waals surface area contributed by atoms with Gasteiger partial charge in [0.15, 0.2) is 0 Å². The minimum atomic E-state index is -3.84. The lowest BCUT2D eigenvalue weighted by Crippen LogP contribution is -2.62. The fraction of sp³-hybridized carbons (Fsp3) is 0.686. The molecule has 1 heterocycles. The molecule has 6 N–H and O–H groups in total. The van der Waals surface area contributed by atoms with Gasteiger partial charge in [0.2, 0.25) is 27.6 Å². The molecule has 1 unspecified atom stereocenters.